The molecule has 1 aromatic rings. The monoisotopic (exact) mass is 296 g/mol. The minimum Gasteiger partial charge on any atom is -0.481 e. The fourth-order valence-corrected chi connectivity index (χ4v) is 1.50. The highest BCUT2D eigenvalue weighted by Gasteiger charge is 2.24. The van der Waals surface area contributed by atoms with Crippen LogP contribution in [0.1, 0.15) is 25.3 Å². The van der Waals surface area contributed by atoms with Crippen LogP contribution in [0.15, 0.2) is 30.3 Å². The summed E-state index contributed by atoms with van der Waals surface area (Å²) in [5.74, 6) is -2.61. The first-order chi connectivity index (χ1) is 9.75. The molecule has 7 heteroatoms. The molecule has 0 aliphatic heterocycles. The van der Waals surface area contributed by atoms with Crippen molar-refractivity contribution in [1.29, 1.82) is 0 Å². The van der Waals surface area contributed by atoms with Crippen LogP contribution in [0, 0.1) is 0 Å². The molecule has 0 aromatic heterocycles. The van der Waals surface area contributed by atoms with Crippen LogP contribution in [0.3, 0.4) is 0 Å². The third-order valence-corrected chi connectivity index (χ3v) is 2.42. The molecule has 2 unspecified atom stereocenters. The van der Waals surface area contributed by atoms with E-state index in [2.05, 4.69) is 11.1 Å². The molecule has 0 bridgehead atoms. The Morgan fingerprint density at radius 2 is 1.76 bits per heavy atom. The van der Waals surface area contributed by atoms with Crippen LogP contribution in [0.4, 0.5) is 0 Å². The molecule has 0 spiro atoms. The summed E-state index contributed by atoms with van der Waals surface area (Å²) in [4.78, 5) is 30.7. The number of nitrogens with one attached hydrogen (secondary N) is 1. The molecule has 1 aromatic carbocycles. The van der Waals surface area contributed by atoms with E-state index in [1.54, 1.807) is 24.3 Å². The Labute approximate surface area is 122 Å². The molecule has 0 aliphatic rings. The summed E-state index contributed by atoms with van der Waals surface area (Å²) in [6.07, 6.45) is -0.875. The van der Waals surface area contributed by atoms with Gasteiger partial charge in [-0.1, -0.05) is 30.3 Å². The molecule has 0 saturated carbocycles. The van der Waals surface area contributed by atoms with Gasteiger partial charge < -0.3 is 21.3 Å². The first-order valence-electron chi connectivity index (χ1n) is 6.24. The highest BCUT2D eigenvalue weighted by molar-refractivity contribution is 5.82. The first kappa shape index (κ1) is 18.6. The Bertz CT molecular complexity index is 460. The zero-order chi connectivity index (χ0) is 16.4. The lowest BCUT2D eigenvalue weighted by molar-refractivity contribution is -0.141. The van der Waals surface area contributed by atoms with Crippen molar-refractivity contribution in [3.8, 4) is 0 Å². The van der Waals surface area contributed by atoms with Crippen LogP contribution in [-0.4, -0.2) is 40.6 Å². The van der Waals surface area contributed by atoms with Crippen molar-refractivity contribution in [2.45, 2.75) is 25.9 Å². The van der Waals surface area contributed by atoms with Gasteiger partial charge >= 0.3 is 5.97 Å². The number of amides is 2. The van der Waals surface area contributed by atoms with Crippen molar-refractivity contribution in [1.82, 2.24) is 5.32 Å². The van der Waals surface area contributed by atoms with Gasteiger partial charge in [0.2, 0.25) is 11.8 Å². The molecule has 0 saturated heterocycles. The second-order valence-corrected chi connectivity index (χ2v) is 4.34. The van der Waals surface area contributed by atoms with Crippen LogP contribution < -0.4 is 11.1 Å². The fourth-order valence-electron chi connectivity index (χ4n) is 1.50. The average molecular weight is 296 g/mol. The van der Waals surface area contributed by atoms with Crippen LogP contribution >= 0.6 is 0 Å². The maximum absolute atomic E-state index is 10.8. The highest BCUT2D eigenvalue weighted by Crippen LogP contribution is 2.19. The van der Waals surface area contributed by atoms with Gasteiger partial charge in [0.15, 0.2) is 0 Å². The summed E-state index contributed by atoms with van der Waals surface area (Å²) in [5, 5.41) is 20.3. The number of benzene rings is 1. The van der Waals surface area contributed by atoms with Crippen molar-refractivity contribution in [2.24, 2.45) is 5.73 Å². The second kappa shape index (κ2) is 9.49. The van der Waals surface area contributed by atoms with Gasteiger partial charge in [-0.2, -0.15) is 0 Å². The molecule has 0 heterocycles. The molecule has 2 atom stereocenters. The Hall–Kier alpha value is -2.41. The summed E-state index contributed by atoms with van der Waals surface area (Å²) in [6, 6.07) is 8.72. The average Bonchev–Trinajstić information content (AvgIpc) is 2.37. The molecule has 116 valence electrons. The Kier molecular flexibility index (Phi) is 8.40. The normalized spacial score (nSPS) is 12.3. The summed E-state index contributed by atoms with van der Waals surface area (Å²) >= 11 is 0. The highest BCUT2D eigenvalue weighted by atomic mass is 16.4. The zero-order valence-corrected chi connectivity index (χ0v) is 11.9. The fraction of sp³-hybridized carbons (Fsp3) is 0.357. The number of hydrogen-bond donors (Lipinski definition) is 4. The Morgan fingerprint density at radius 1 is 1.24 bits per heavy atom. The van der Waals surface area contributed by atoms with Gasteiger partial charge in [-0.3, -0.25) is 14.4 Å². The molecule has 0 fully saturated rings. The predicted octanol–water partition coefficient (Wildman–Crippen LogP) is -0.157. The van der Waals surface area contributed by atoms with Crippen molar-refractivity contribution in [3.05, 3.63) is 35.9 Å². The molecule has 1 rings (SSSR count). The van der Waals surface area contributed by atoms with E-state index >= 15 is 0 Å². The van der Waals surface area contributed by atoms with Gasteiger partial charge in [-0.05, 0) is 12.5 Å². The van der Waals surface area contributed by atoms with Crippen LogP contribution in [-0.2, 0) is 14.4 Å². The van der Waals surface area contributed by atoms with E-state index in [-0.39, 0.29) is 12.5 Å². The third-order valence-electron chi connectivity index (χ3n) is 2.42. The number of aliphatic hydroxyl groups excluding tert-OH is 1. The zero-order valence-electron chi connectivity index (χ0n) is 11.9. The van der Waals surface area contributed by atoms with Crippen LogP contribution in [0.5, 0.6) is 0 Å². The minimum atomic E-state index is -0.999. The molecule has 5 N–H and O–H groups in total. The van der Waals surface area contributed by atoms with Crippen LogP contribution in [0.2, 0.25) is 0 Å². The minimum absolute atomic E-state index is 0.0741. The van der Waals surface area contributed by atoms with E-state index in [1.165, 1.54) is 13.8 Å². The topological polar surface area (TPSA) is 130 Å². The van der Waals surface area contributed by atoms with E-state index in [9.17, 15) is 19.5 Å². The number of carboxylic acid groups (broad SMARTS) is 1. The maximum Gasteiger partial charge on any atom is 0.313 e. The number of primary amides is 1. The number of aliphatic hydroxyl groups is 1. The molecule has 7 nitrogen and oxygen atoms in total. The summed E-state index contributed by atoms with van der Waals surface area (Å²) in [6.45, 7) is 2.73. The number of carboxylic acids is 1. The quantitative estimate of drug-likeness (QED) is 0.600. The molecule has 0 radical (unpaired) electrons. The van der Waals surface area contributed by atoms with E-state index in [1.807, 2.05) is 6.07 Å². The smallest absolute Gasteiger partial charge is 0.313 e. The largest absolute Gasteiger partial charge is 0.481 e. The van der Waals surface area contributed by atoms with Gasteiger partial charge in [0.05, 0.1) is 12.6 Å². The SMILES string of the molecule is CC(=O)NCC(N)=O.CC(O)C(C(=O)O)c1ccccc1. The van der Waals surface area contributed by atoms with Crippen molar-refractivity contribution in [3.63, 3.8) is 0 Å². The van der Waals surface area contributed by atoms with Crippen molar-refractivity contribution >= 4 is 17.8 Å². The summed E-state index contributed by atoms with van der Waals surface area (Å²) < 4.78 is 0. The van der Waals surface area contributed by atoms with Crippen molar-refractivity contribution < 1.29 is 24.6 Å². The van der Waals surface area contributed by atoms with Gasteiger partial charge in [-0.15, -0.1) is 0 Å². The maximum atomic E-state index is 10.8. The lowest BCUT2D eigenvalue weighted by atomic mass is 9.95. The number of hydrogen-bond acceptors (Lipinski definition) is 4. The molecular weight excluding hydrogens is 276 g/mol. The Morgan fingerprint density at radius 3 is 2.05 bits per heavy atom. The predicted molar refractivity (Wildman–Crippen MR) is 76.4 cm³/mol. The van der Waals surface area contributed by atoms with Gasteiger partial charge in [-0.25, -0.2) is 0 Å². The van der Waals surface area contributed by atoms with E-state index in [0.29, 0.717) is 5.56 Å². The number of carbonyl (C=O) groups is 3. The summed E-state index contributed by atoms with van der Waals surface area (Å²) in [5.41, 5.74) is 5.32. The number of nitrogens with two attached hydrogens (primary N) is 1. The van der Waals surface area contributed by atoms with Gasteiger partial charge in [0.25, 0.3) is 0 Å². The van der Waals surface area contributed by atoms with Gasteiger partial charge in [0.1, 0.15) is 5.92 Å². The third kappa shape index (κ3) is 8.38. The molecular formula is C14H20N2O5. The number of rotatable bonds is 5. The number of aliphatic carboxylic acids is 1. The first-order valence-corrected chi connectivity index (χ1v) is 6.24. The van der Waals surface area contributed by atoms with E-state index in [0.717, 1.165) is 0 Å². The number of carbonyl (C=O) groups excluding carboxylic acids is 2. The standard InChI is InChI=1S/C10H12O3.C4H8N2O2/c1-7(11)9(10(12)13)8-5-3-2-4-6-8;1-3(7)6-2-4(5)8/h2-7,9,11H,1H3,(H,12,13);2H2,1H3,(H2,5,8)(H,6,7). The van der Waals surface area contributed by atoms with E-state index < -0.39 is 23.9 Å². The van der Waals surface area contributed by atoms with Crippen LogP contribution in [0.25, 0.3) is 0 Å². The molecule has 0 aliphatic carbocycles. The molecule has 2 amide bonds. The summed E-state index contributed by atoms with van der Waals surface area (Å²) in [7, 11) is 0. The lowest BCUT2D eigenvalue weighted by Gasteiger charge is -2.14. The van der Waals surface area contributed by atoms with Crippen molar-refractivity contribution in [2.75, 3.05) is 6.54 Å². The molecule has 21 heavy (non-hydrogen) atoms. The van der Waals surface area contributed by atoms with E-state index in [4.69, 9.17) is 5.11 Å². The lowest BCUT2D eigenvalue weighted by Crippen LogP contribution is -2.31. The second-order valence-electron chi connectivity index (χ2n) is 4.34. The van der Waals surface area contributed by atoms with Gasteiger partial charge in [0, 0.05) is 6.92 Å². The Balaban J connectivity index is 0.000000433.